The van der Waals surface area contributed by atoms with Gasteiger partial charge in [-0.1, -0.05) is 17.7 Å². The molecule has 1 amide bonds. The van der Waals surface area contributed by atoms with E-state index in [4.69, 9.17) is 4.74 Å². The fourth-order valence-electron chi connectivity index (χ4n) is 1.89. The van der Waals surface area contributed by atoms with Gasteiger partial charge in [0.15, 0.2) is 0 Å². The van der Waals surface area contributed by atoms with Crippen LogP contribution in [0.3, 0.4) is 0 Å². The van der Waals surface area contributed by atoms with Crippen molar-refractivity contribution in [1.82, 2.24) is 4.90 Å². The maximum absolute atomic E-state index is 13.2. The maximum Gasteiger partial charge on any atom is 0.415 e. The highest BCUT2D eigenvalue weighted by molar-refractivity contribution is 5.70. The first-order chi connectivity index (χ1) is 8.46. The van der Waals surface area contributed by atoms with Crippen molar-refractivity contribution < 1.29 is 18.3 Å². The lowest BCUT2D eigenvalue weighted by Gasteiger charge is -2.31. The molecule has 0 N–H and O–H groups in total. The van der Waals surface area contributed by atoms with Crippen LogP contribution in [0.25, 0.3) is 0 Å². The van der Waals surface area contributed by atoms with Crippen molar-refractivity contribution in [1.29, 1.82) is 0 Å². The van der Waals surface area contributed by atoms with Crippen molar-refractivity contribution >= 4 is 6.09 Å². The largest absolute Gasteiger partial charge is 0.415 e. The Bertz CT molecular complexity index is 431. The van der Waals surface area contributed by atoms with E-state index in [1.54, 1.807) is 24.3 Å². The summed E-state index contributed by atoms with van der Waals surface area (Å²) < 4.78 is 31.4. The van der Waals surface area contributed by atoms with E-state index in [1.807, 2.05) is 6.92 Å². The molecular weight excluding hydrogens is 240 g/mol. The molecule has 1 aliphatic heterocycles. The molecule has 0 aliphatic carbocycles. The molecule has 0 unspecified atom stereocenters. The van der Waals surface area contributed by atoms with Crippen LogP contribution in [0.15, 0.2) is 24.3 Å². The number of likely N-dealkylation sites (tertiary alicyclic amines) is 1. The minimum atomic E-state index is -2.80. The minimum Gasteiger partial charge on any atom is -0.410 e. The van der Waals surface area contributed by atoms with Gasteiger partial charge in [0, 0.05) is 13.0 Å². The number of carbonyl (C=O) groups excluding carboxylic acids is 1. The van der Waals surface area contributed by atoms with Gasteiger partial charge < -0.3 is 9.64 Å². The van der Waals surface area contributed by atoms with Gasteiger partial charge in [-0.3, -0.25) is 0 Å². The van der Waals surface area contributed by atoms with Gasteiger partial charge in [0.25, 0.3) is 5.92 Å². The number of ether oxygens (including phenoxy) is 1. The van der Waals surface area contributed by atoms with Crippen molar-refractivity contribution in [2.75, 3.05) is 13.1 Å². The lowest BCUT2D eigenvalue weighted by atomic mass is 10.1. The zero-order chi connectivity index (χ0) is 13.2. The molecule has 18 heavy (non-hydrogen) atoms. The quantitative estimate of drug-likeness (QED) is 0.771. The highest BCUT2D eigenvalue weighted by atomic mass is 19.3. The smallest absolute Gasteiger partial charge is 0.410 e. The Kier molecular flexibility index (Phi) is 3.50. The molecule has 2 rings (SSSR count). The molecule has 3 nitrogen and oxygen atoms in total. The van der Waals surface area contributed by atoms with E-state index < -0.39 is 18.6 Å². The van der Waals surface area contributed by atoms with Crippen LogP contribution in [-0.4, -0.2) is 30.0 Å². The average Bonchev–Trinajstić information content (AvgIpc) is 2.31. The first-order valence-corrected chi connectivity index (χ1v) is 5.87. The number of hydrogen-bond acceptors (Lipinski definition) is 2. The highest BCUT2D eigenvalue weighted by Gasteiger charge is 2.37. The molecule has 0 saturated carbocycles. The summed E-state index contributed by atoms with van der Waals surface area (Å²) in [4.78, 5) is 12.8. The van der Waals surface area contributed by atoms with Gasteiger partial charge in [0.05, 0.1) is 6.54 Å². The van der Waals surface area contributed by atoms with Gasteiger partial charge >= 0.3 is 6.09 Å². The number of hydrogen-bond donors (Lipinski definition) is 0. The summed E-state index contributed by atoms with van der Waals surface area (Å²) in [6.45, 7) is 1.68. The first kappa shape index (κ1) is 12.8. The monoisotopic (exact) mass is 255 g/mol. The number of nitrogens with zero attached hydrogens (tertiary/aromatic N) is 1. The zero-order valence-electron chi connectivity index (χ0n) is 10.2. The molecule has 0 aromatic heterocycles. The van der Waals surface area contributed by atoms with Gasteiger partial charge in [0.1, 0.15) is 5.75 Å². The first-order valence-electron chi connectivity index (χ1n) is 5.87. The number of amides is 1. The van der Waals surface area contributed by atoms with Gasteiger partial charge in [-0.25, -0.2) is 13.6 Å². The van der Waals surface area contributed by atoms with Crippen LogP contribution in [0.1, 0.15) is 18.4 Å². The third-order valence-electron chi connectivity index (χ3n) is 2.88. The van der Waals surface area contributed by atoms with Crippen molar-refractivity contribution in [3.8, 4) is 5.75 Å². The van der Waals surface area contributed by atoms with Gasteiger partial charge in [-0.2, -0.15) is 0 Å². The second-order valence-electron chi connectivity index (χ2n) is 4.56. The summed E-state index contributed by atoms with van der Waals surface area (Å²) in [6.07, 6.45) is -0.574. The number of rotatable bonds is 1. The molecule has 1 aromatic rings. The Labute approximate surface area is 104 Å². The molecule has 1 fully saturated rings. The number of benzene rings is 1. The molecule has 0 atom stereocenters. The molecule has 1 saturated heterocycles. The Morgan fingerprint density at radius 2 is 2.00 bits per heavy atom. The third kappa shape index (κ3) is 3.18. The van der Waals surface area contributed by atoms with Crippen molar-refractivity contribution in [2.45, 2.75) is 25.7 Å². The van der Waals surface area contributed by atoms with E-state index in [2.05, 4.69) is 0 Å². The van der Waals surface area contributed by atoms with Gasteiger partial charge in [-0.15, -0.1) is 0 Å². The van der Waals surface area contributed by atoms with Crippen LogP contribution >= 0.6 is 0 Å². The second-order valence-corrected chi connectivity index (χ2v) is 4.56. The molecule has 0 radical (unpaired) electrons. The van der Waals surface area contributed by atoms with Crippen LogP contribution in [-0.2, 0) is 0 Å². The molecule has 1 aromatic carbocycles. The standard InChI is InChI=1S/C13H15F2NO2/c1-10-3-5-11(6-4-10)18-12(17)16-8-2-7-13(14,15)9-16/h3-6H,2,7-9H2,1H3. The molecule has 1 heterocycles. The van der Waals surface area contributed by atoms with Crippen LogP contribution in [0.5, 0.6) is 5.75 Å². The third-order valence-corrected chi connectivity index (χ3v) is 2.88. The van der Waals surface area contributed by atoms with Crippen LogP contribution in [0, 0.1) is 6.92 Å². The van der Waals surface area contributed by atoms with E-state index in [0.717, 1.165) is 10.5 Å². The Balaban J connectivity index is 1.97. The number of aryl methyl sites for hydroxylation is 1. The summed E-state index contributed by atoms with van der Waals surface area (Å²) in [6, 6.07) is 6.89. The van der Waals surface area contributed by atoms with E-state index >= 15 is 0 Å². The fraction of sp³-hybridized carbons (Fsp3) is 0.462. The summed E-state index contributed by atoms with van der Waals surface area (Å²) in [7, 11) is 0. The van der Waals surface area contributed by atoms with E-state index in [0.29, 0.717) is 18.7 Å². The lowest BCUT2D eigenvalue weighted by Crippen LogP contribution is -2.46. The maximum atomic E-state index is 13.2. The molecule has 1 aliphatic rings. The van der Waals surface area contributed by atoms with Crippen LogP contribution < -0.4 is 4.74 Å². The summed E-state index contributed by atoms with van der Waals surface area (Å²) >= 11 is 0. The fourth-order valence-corrected chi connectivity index (χ4v) is 1.89. The second kappa shape index (κ2) is 4.92. The molecular formula is C13H15F2NO2. The minimum absolute atomic E-state index is 0.165. The highest BCUT2D eigenvalue weighted by Crippen LogP contribution is 2.27. The van der Waals surface area contributed by atoms with Crippen molar-refractivity contribution in [3.63, 3.8) is 0 Å². The average molecular weight is 255 g/mol. The number of halogens is 2. The van der Waals surface area contributed by atoms with Crippen LogP contribution in [0.2, 0.25) is 0 Å². The predicted molar refractivity (Wildman–Crippen MR) is 63.0 cm³/mol. The van der Waals surface area contributed by atoms with Crippen LogP contribution in [0.4, 0.5) is 13.6 Å². The van der Waals surface area contributed by atoms with Crippen molar-refractivity contribution in [2.24, 2.45) is 0 Å². The van der Waals surface area contributed by atoms with Gasteiger partial charge in [0.2, 0.25) is 0 Å². The van der Waals surface area contributed by atoms with E-state index in [9.17, 15) is 13.6 Å². The van der Waals surface area contributed by atoms with Crippen molar-refractivity contribution in [3.05, 3.63) is 29.8 Å². The number of carbonyl (C=O) groups is 1. The van der Waals surface area contributed by atoms with Gasteiger partial charge in [-0.05, 0) is 25.5 Å². The molecule has 98 valence electrons. The van der Waals surface area contributed by atoms with E-state index in [1.165, 1.54) is 0 Å². The topological polar surface area (TPSA) is 29.5 Å². The summed E-state index contributed by atoms with van der Waals surface area (Å²) in [5, 5.41) is 0. The number of alkyl halides is 2. The summed E-state index contributed by atoms with van der Waals surface area (Å²) in [5.74, 6) is -2.43. The normalized spacial score (nSPS) is 18.5. The zero-order valence-corrected chi connectivity index (χ0v) is 10.2. The Hall–Kier alpha value is -1.65. The Morgan fingerprint density at radius 3 is 2.61 bits per heavy atom. The SMILES string of the molecule is Cc1ccc(OC(=O)N2CCCC(F)(F)C2)cc1. The predicted octanol–water partition coefficient (Wildman–Crippen LogP) is 3.22. The van der Waals surface area contributed by atoms with E-state index in [-0.39, 0.29) is 6.42 Å². The Morgan fingerprint density at radius 1 is 1.33 bits per heavy atom. The molecule has 0 spiro atoms. The number of piperidine rings is 1. The molecule has 5 heteroatoms. The summed E-state index contributed by atoms with van der Waals surface area (Å²) in [5.41, 5.74) is 1.04. The lowest BCUT2D eigenvalue weighted by molar-refractivity contribution is -0.0565. The molecule has 0 bridgehead atoms.